The highest BCUT2D eigenvalue weighted by Gasteiger charge is 2.55. The number of aliphatic hydroxyl groups excluding tert-OH is 2. The van der Waals surface area contributed by atoms with Crippen LogP contribution < -0.4 is 5.73 Å². The Balaban J connectivity index is 1.81. The maximum absolute atomic E-state index is 12.5. The van der Waals surface area contributed by atoms with E-state index in [1.165, 1.54) is 12.1 Å². The molecule has 4 atom stereocenters. The number of carbonyl (C=O) groups excluding carboxylic acids is 2. The Morgan fingerprint density at radius 3 is 2.64 bits per heavy atom. The van der Waals surface area contributed by atoms with Gasteiger partial charge in [-0.25, -0.2) is 9.67 Å². The molecule has 1 aliphatic rings. The lowest BCUT2D eigenvalue weighted by Crippen LogP contribution is -2.52. The summed E-state index contributed by atoms with van der Waals surface area (Å²) in [5, 5.41) is 34.9. The Labute approximate surface area is 141 Å². The molecule has 1 saturated heterocycles. The number of nitrogens with two attached hydrogens (primary N) is 1. The molecule has 1 aliphatic heterocycles. The molecule has 1 amide bonds. The van der Waals surface area contributed by atoms with Crippen LogP contribution in [0.4, 0.5) is 0 Å². The molecular weight excluding hydrogens is 332 g/mol. The second-order valence-corrected chi connectivity index (χ2v) is 5.67. The first-order chi connectivity index (χ1) is 11.8. The predicted octanol–water partition coefficient (Wildman–Crippen LogP) is -1.76. The van der Waals surface area contributed by atoms with Crippen molar-refractivity contribution in [2.45, 2.75) is 24.0 Å². The molecule has 1 aromatic carbocycles. The molecule has 2 aromatic rings. The topological polar surface area (TPSA) is 161 Å². The minimum absolute atomic E-state index is 0.194. The minimum atomic E-state index is -2.22. The van der Waals surface area contributed by atoms with Crippen molar-refractivity contribution in [2.75, 3.05) is 6.61 Å². The normalized spacial score (nSPS) is 27.2. The first kappa shape index (κ1) is 17.2. The van der Waals surface area contributed by atoms with Crippen LogP contribution in [0.15, 0.2) is 36.7 Å². The Bertz CT molecular complexity index is 794. The standard InChI is InChI=1S/C15H16N4O6/c16-12(22)13-17-7-19(18-13)14(23)9-11(21)15(24,6-25-9)10(20)8-4-2-1-3-5-8/h1-5,7,9,11,14,21,23-24H,6H2,(H2,16,22)/t9-,11+,14?,15+/m0/s1. The van der Waals surface area contributed by atoms with Crippen molar-refractivity contribution in [3.8, 4) is 0 Å². The van der Waals surface area contributed by atoms with Crippen molar-refractivity contribution >= 4 is 11.7 Å². The fraction of sp³-hybridized carbons (Fsp3) is 0.333. The van der Waals surface area contributed by atoms with Crippen molar-refractivity contribution in [3.05, 3.63) is 48.0 Å². The largest absolute Gasteiger partial charge is 0.387 e. The third-order valence-electron chi connectivity index (χ3n) is 4.02. The zero-order valence-corrected chi connectivity index (χ0v) is 12.9. The number of primary amides is 1. The van der Waals surface area contributed by atoms with E-state index in [-0.39, 0.29) is 11.4 Å². The third kappa shape index (κ3) is 2.91. The van der Waals surface area contributed by atoms with E-state index in [2.05, 4.69) is 10.1 Å². The molecule has 0 bridgehead atoms. The van der Waals surface area contributed by atoms with Crippen molar-refractivity contribution in [3.63, 3.8) is 0 Å². The smallest absolute Gasteiger partial charge is 0.288 e. The Hall–Kier alpha value is -2.66. The first-order valence-electron chi connectivity index (χ1n) is 7.35. The molecule has 0 spiro atoms. The van der Waals surface area contributed by atoms with Gasteiger partial charge in [-0.3, -0.25) is 9.59 Å². The van der Waals surface area contributed by atoms with E-state index in [1.54, 1.807) is 18.2 Å². The van der Waals surface area contributed by atoms with Crippen LogP contribution in [0.1, 0.15) is 27.2 Å². The highest BCUT2D eigenvalue weighted by Crippen LogP contribution is 2.32. The average molecular weight is 348 g/mol. The van der Waals surface area contributed by atoms with Crippen LogP contribution >= 0.6 is 0 Å². The van der Waals surface area contributed by atoms with Gasteiger partial charge in [0.05, 0.1) is 6.61 Å². The van der Waals surface area contributed by atoms with Crippen LogP contribution in [-0.4, -0.2) is 66.2 Å². The number of nitrogens with zero attached hydrogens (tertiary/aromatic N) is 3. The molecule has 0 saturated carbocycles. The third-order valence-corrected chi connectivity index (χ3v) is 4.02. The number of hydrogen-bond donors (Lipinski definition) is 4. The zero-order chi connectivity index (χ0) is 18.2. The summed E-state index contributed by atoms with van der Waals surface area (Å²) in [4.78, 5) is 27.1. The highest BCUT2D eigenvalue weighted by atomic mass is 16.6. The number of Topliss-reactive ketones (excluding diaryl/α,β-unsaturated/α-hetero) is 1. The zero-order valence-electron chi connectivity index (χ0n) is 12.9. The van der Waals surface area contributed by atoms with E-state index in [4.69, 9.17) is 10.5 Å². The average Bonchev–Trinajstić information content (AvgIpc) is 3.22. The van der Waals surface area contributed by atoms with Gasteiger partial charge in [0, 0.05) is 5.56 Å². The molecule has 5 N–H and O–H groups in total. The van der Waals surface area contributed by atoms with Crippen LogP contribution in [0, 0.1) is 0 Å². The number of carbonyl (C=O) groups is 2. The van der Waals surface area contributed by atoms with Gasteiger partial charge in [-0.2, -0.15) is 0 Å². The van der Waals surface area contributed by atoms with Gasteiger partial charge >= 0.3 is 0 Å². The molecule has 0 radical (unpaired) electrons. The Morgan fingerprint density at radius 1 is 1.36 bits per heavy atom. The summed E-state index contributed by atoms with van der Waals surface area (Å²) in [6.45, 7) is -0.513. The Morgan fingerprint density at radius 2 is 2.04 bits per heavy atom. The summed E-state index contributed by atoms with van der Waals surface area (Å²) in [5.41, 5.74) is 3.00. The van der Waals surface area contributed by atoms with Crippen molar-refractivity contribution < 1.29 is 29.6 Å². The van der Waals surface area contributed by atoms with Crippen LogP contribution in [0.5, 0.6) is 0 Å². The van der Waals surface area contributed by atoms with Crippen molar-refractivity contribution in [1.82, 2.24) is 14.8 Å². The van der Waals surface area contributed by atoms with Gasteiger partial charge in [-0.05, 0) is 0 Å². The molecule has 1 unspecified atom stereocenters. The Kier molecular flexibility index (Phi) is 4.35. The molecule has 1 aromatic heterocycles. The summed E-state index contributed by atoms with van der Waals surface area (Å²) < 4.78 is 6.09. The van der Waals surface area contributed by atoms with Crippen LogP contribution in [-0.2, 0) is 4.74 Å². The molecule has 3 rings (SSSR count). The van der Waals surface area contributed by atoms with E-state index in [0.717, 1.165) is 11.0 Å². The van der Waals surface area contributed by atoms with Crippen LogP contribution in [0.2, 0.25) is 0 Å². The van der Waals surface area contributed by atoms with Gasteiger partial charge in [0.2, 0.25) is 5.82 Å². The molecule has 132 valence electrons. The number of ether oxygens (including phenoxy) is 1. The second kappa shape index (κ2) is 6.33. The van der Waals surface area contributed by atoms with E-state index in [1.807, 2.05) is 0 Å². The van der Waals surface area contributed by atoms with Gasteiger partial charge in [-0.15, -0.1) is 5.10 Å². The molecule has 10 nitrogen and oxygen atoms in total. The van der Waals surface area contributed by atoms with E-state index in [9.17, 15) is 24.9 Å². The summed E-state index contributed by atoms with van der Waals surface area (Å²) in [5.74, 6) is -1.96. The molecule has 10 heteroatoms. The van der Waals surface area contributed by atoms with Crippen LogP contribution in [0.3, 0.4) is 0 Å². The maximum Gasteiger partial charge on any atom is 0.288 e. The van der Waals surface area contributed by atoms with E-state index < -0.39 is 42.3 Å². The molecule has 25 heavy (non-hydrogen) atoms. The maximum atomic E-state index is 12.5. The summed E-state index contributed by atoms with van der Waals surface area (Å²) in [6.07, 6.45) is -3.65. The fourth-order valence-electron chi connectivity index (χ4n) is 2.63. The first-order valence-corrected chi connectivity index (χ1v) is 7.35. The number of benzene rings is 1. The fourth-order valence-corrected chi connectivity index (χ4v) is 2.63. The second-order valence-electron chi connectivity index (χ2n) is 5.67. The number of ketones is 1. The van der Waals surface area contributed by atoms with Gasteiger partial charge in [-0.1, -0.05) is 30.3 Å². The molecular formula is C15H16N4O6. The van der Waals surface area contributed by atoms with Crippen molar-refractivity contribution in [2.24, 2.45) is 5.73 Å². The lowest BCUT2D eigenvalue weighted by atomic mass is 9.87. The predicted molar refractivity (Wildman–Crippen MR) is 81.3 cm³/mol. The number of amides is 1. The van der Waals surface area contributed by atoms with Gasteiger partial charge in [0.1, 0.15) is 18.5 Å². The number of rotatable bonds is 5. The molecule has 2 heterocycles. The van der Waals surface area contributed by atoms with Gasteiger partial charge in [0.15, 0.2) is 17.6 Å². The molecule has 0 aliphatic carbocycles. The SMILES string of the molecule is NC(=O)c1ncn(C(O)[C@H]2OC[C@@](O)(C(=O)c3ccccc3)[C@@H]2O)n1. The van der Waals surface area contributed by atoms with E-state index in [0.29, 0.717) is 0 Å². The molecule has 1 fully saturated rings. The van der Waals surface area contributed by atoms with Crippen LogP contribution in [0.25, 0.3) is 0 Å². The lowest BCUT2D eigenvalue weighted by molar-refractivity contribution is -0.0934. The van der Waals surface area contributed by atoms with Gasteiger partial charge in [0.25, 0.3) is 5.91 Å². The summed E-state index contributed by atoms with van der Waals surface area (Å²) >= 11 is 0. The monoisotopic (exact) mass is 348 g/mol. The number of aliphatic hydroxyl groups is 3. The number of hydrogen-bond acceptors (Lipinski definition) is 8. The van der Waals surface area contributed by atoms with Gasteiger partial charge < -0.3 is 25.8 Å². The lowest BCUT2D eigenvalue weighted by Gasteiger charge is -2.26. The van der Waals surface area contributed by atoms with Crippen molar-refractivity contribution in [1.29, 1.82) is 0 Å². The summed E-state index contributed by atoms with van der Waals surface area (Å²) in [6, 6.07) is 7.93. The summed E-state index contributed by atoms with van der Waals surface area (Å²) in [7, 11) is 0. The quantitative estimate of drug-likeness (QED) is 0.462. The minimum Gasteiger partial charge on any atom is -0.387 e. The number of aromatic nitrogens is 3. The van der Waals surface area contributed by atoms with E-state index >= 15 is 0 Å². The highest BCUT2D eigenvalue weighted by molar-refractivity contribution is 6.03.